The summed E-state index contributed by atoms with van der Waals surface area (Å²) in [6.45, 7) is 0. The molecule has 0 spiro atoms. The molecule has 1 N–H and O–H groups in total. The van der Waals surface area contributed by atoms with Crippen molar-refractivity contribution >= 4 is 23.2 Å². The Hall–Kier alpha value is -1.96. The van der Waals surface area contributed by atoms with Crippen molar-refractivity contribution < 1.29 is 0 Å². The highest BCUT2D eigenvalue weighted by molar-refractivity contribution is 7.80. The predicted octanol–water partition coefficient (Wildman–Crippen LogP) is 2.73. The first-order chi connectivity index (χ1) is 11.3. The first-order valence-corrected chi connectivity index (χ1v) is 8.57. The third kappa shape index (κ3) is 4.51. The lowest BCUT2D eigenvalue weighted by atomic mass is 9.95. The fourth-order valence-electron chi connectivity index (χ4n) is 2.94. The maximum Gasteiger partial charge on any atom is 0.227 e. The number of hydrogen-bond acceptors (Lipinski definition) is 6. The molecule has 2 heterocycles. The van der Waals surface area contributed by atoms with Crippen LogP contribution in [-0.2, 0) is 6.42 Å². The molecule has 23 heavy (non-hydrogen) atoms. The van der Waals surface area contributed by atoms with E-state index in [1.807, 2.05) is 4.68 Å². The highest BCUT2D eigenvalue weighted by atomic mass is 32.1. The summed E-state index contributed by atoms with van der Waals surface area (Å²) < 4.78 is 2.02. The number of tetrazole rings is 1. The molecule has 122 valence electrons. The maximum atomic E-state index is 5.34. The molecule has 0 saturated heterocycles. The normalized spacial score (nSPS) is 15.5. The average molecular weight is 331 g/mol. The third-order valence-corrected chi connectivity index (χ3v) is 4.41. The van der Waals surface area contributed by atoms with Crippen LogP contribution in [-0.4, -0.2) is 35.2 Å². The summed E-state index contributed by atoms with van der Waals surface area (Å²) in [7, 11) is 0. The predicted molar refractivity (Wildman–Crippen MR) is 91.1 cm³/mol. The van der Waals surface area contributed by atoms with Crippen molar-refractivity contribution in [3.8, 4) is 0 Å². The lowest BCUT2D eigenvalue weighted by Crippen LogP contribution is -2.17. The minimum atomic E-state index is 0.469. The van der Waals surface area contributed by atoms with Gasteiger partial charge in [0.1, 0.15) is 0 Å². The smallest absolute Gasteiger partial charge is 0.227 e. The van der Waals surface area contributed by atoms with E-state index in [-0.39, 0.29) is 0 Å². The monoisotopic (exact) mass is 331 g/mol. The number of hydrogen-bond donors (Lipinski definition) is 1. The van der Waals surface area contributed by atoms with E-state index in [4.69, 9.17) is 12.2 Å². The van der Waals surface area contributed by atoms with Crippen LogP contribution in [0.5, 0.6) is 0 Å². The topological polar surface area (TPSA) is 81.4 Å². The SMILES string of the molecule is S=C(CCCc1nnnn1C1CCCCC1)Nc1ncccn1. The van der Waals surface area contributed by atoms with E-state index in [0.717, 1.165) is 30.1 Å². The Morgan fingerprint density at radius 2 is 2.00 bits per heavy atom. The number of thiocarbonyl (C=S) groups is 1. The van der Waals surface area contributed by atoms with Gasteiger partial charge in [0.05, 0.1) is 11.0 Å². The van der Waals surface area contributed by atoms with Crippen molar-refractivity contribution in [2.75, 3.05) is 5.32 Å². The number of aryl methyl sites for hydroxylation is 1. The Balaban J connectivity index is 1.47. The van der Waals surface area contributed by atoms with Crippen molar-refractivity contribution in [2.45, 2.75) is 57.4 Å². The molecule has 2 aromatic heterocycles. The van der Waals surface area contributed by atoms with Crippen molar-refractivity contribution in [1.82, 2.24) is 30.2 Å². The average Bonchev–Trinajstić information content (AvgIpc) is 3.05. The highest BCUT2D eigenvalue weighted by Gasteiger charge is 2.19. The van der Waals surface area contributed by atoms with Crippen LogP contribution in [0.15, 0.2) is 18.5 Å². The van der Waals surface area contributed by atoms with Gasteiger partial charge < -0.3 is 5.32 Å². The Bertz CT molecular complexity index is 622. The fraction of sp³-hybridized carbons (Fsp3) is 0.600. The quantitative estimate of drug-likeness (QED) is 0.815. The zero-order chi connectivity index (χ0) is 15.9. The molecule has 1 fully saturated rings. The van der Waals surface area contributed by atoms with Crippen LogP contribution in [0.3, 0.4) is 0 Å². The molecule has 1 saturated carbocycles. The summed E-state index contributed by atoms with van der Waals surface area (Å²) in [5.41, 5.74) is 0. The van der Waals surface area contributed by atoms with Crippen molar-refractivity contribution in [2.24, 2.45) is 0 Å². The third-order valence-electron chi connectivity index (χ3n) is 4.10. The Morgan fingerprint density at radius 1 is 1.22 bits per heavy atom. The van der Waals surface area contributed by atoms with E-state index in [9.17, 15) is 0 Å². The molecule has 1 aliphatic carbocycles. The second-order valence-corrected chi connectivity index (χ2v) is 6.30. The number of rotatable bonds is 6. The lowest BCUT2D eigenvalue weighted by molar-refractivity contribution is 0.316. The molecular weight excluding hydrogens is 310 g/mol. The van der Waals surface area contributed by atoms with Crippen LogP contribution >= 0.6 is 12.2 Å². The second kappa shape index (κ2) is 8.05. The van der Waals surface area contributed by atoms with Gasteiger partial charge in [-0.1, -0.05) is 31.5 Å². The minimum absolute atomic E-state index is 0.469. The molecule has 0 bridgehead atoms. The summed E-state index contributed by atoms with van der Waals surface area (Å²) in [5, 5.41) is 15.3. The molecule has 7 nitrogen and oxygen atoms in total. The largest absolute Gasteiger partial charge is 0.319 e. The van der Waals surface area contributed by atoms with Gasteiger partial charge in [-0.25, -0.2) is 14.6 Å². The molecule has 3 rings (SSSR count). The van der Waals surface area contributed by atoms with Gasteiger partial charge in [0.15, 0.2) is 5.82 Å². The first-order valence-electron chi connectivity index (χ1n) is 8.16. The second-order valence-electron chi connectivity index (χ2n) is 5.81. The van der Waals surface area contributed by atoms with Gasteiger partial charge >= 0.3 is 0 Å². The standard InChI is InChI=1S/C15H21N7S/c23-14(18-15-16-10-5-11-17-15)9-4-8-13-19-20-21-22(13)12-6-2-1-3-7-12/h5,10-12H,1-4,6-9H2,(H,16,17,18,23). The molecule has 2 aromatic rings. The van der Waals surface area contributed by atoms with Gasteiger partial charge in [-0.15, -0.1) is 5.10 Å². The summed E-state index contributed by atoms with van der Waals surface area (Å²) >= 11 is 5.34. The molecule has 0 aromatic carbocycles. The van der Waals surface area contributed by atoms with Crippen molar-refractivity contribution in [3.05, 3.63) is 24.3 Å². The molecule has 0 unspecified atom stereocenters. The molecule has 0 aliphatic heterocycles. The van der Waals surface area contributed by atoms with Crippen LogP contribution in [0.2, 0.25) is 0 Å². The van der Waals surface area contributed by atoms with Gasteiger partial charge in [-0.2, -0.15) is 0 Å². The van der Waals surface area contributed by atoms with E-state index in [2.05, 4.69) is 30.8 Å². The maximum absolute atomic E-state index is 5.34. The molecule has 0 radical (unpaired) electrons. The van der Waals surface area contributed by atoms with E-state index in [1.165, 1.54) is 32.1 Å². The minimum Gasteiger partial charge on any atom is -0.319 e. The Labute approximate surface area is 140 Å². The summed E-state index contributed by atoms with van der Waals surface area (Å²) in [6, 6.07) is 2.25. The van der Waals surface area contributed by atoms with E-state index in [0.29, 0.717) is 12.0 Å². The summed E-state index contributed by atoms with van der Waals surface area (Å²) in [5.74, 6) is 1.51. The van der Waals surface area contributed by atoms with Crippen LogP contribution in [0.4, 0.5) is 5.95 Å². The molecular formula is C15H21N7S. The number of aromatic nitrogens is 6. The van der Waals surface area contributed by atoms with Crippen LogP contribution in [0.1, 0.15) is 56.8 Å². The Kier molecular flexibility index (Phi) is 5.57. The lowest BCUT2D eigenvalue weighted by Gasteiger charge is -2.22. The number of nitrogens with zero attached hydrogens (tertiary/aromatic N) is 6. The summed E-state index contributed by atoms with van der Waals surface area (Å²) in [6.07, 6.45) is 12.1. The zero-order valence-electron chi connectivity index (χ0n) is 13.1. The van der Waals surface area contributed by atoms with Gasteiger partial charge in [0.25, 0.3) is 0 Å². The molecule has 0 atom stereocenters. The van der Waals surface area contributed by atoms with Gasteiger partial charge in [-0.3, -0.25) is 0 Å². The zero-order valence-corrected chi connectivity index (χ0v) is 13.9. The molecule has 0 amide bonds. The highest BCUT2D eigenvalue weighted by Crippen LogP contribution is 2.28. The van der Waals surface area contributed by atoms with Gasteiger partial charge in [0.2, 0.25) is 5.95 Å². The number of nitrogens with one attached hydrogen (secondary N) is 1. The van der Waals surface area contributed by atoms with Crippen LogP contribution in [0.25, 0.3) is 0 Å². The van der Waals surface area contributed by atoms with E-state index in [1.54, 1.807) is 18.5 Å². The number of anilines is 1. The van der Waals surface area contributed by atoms with Crippen molar-refractivity contribution in [1.29, 1.82) is 0 Å². The molecule has 1 aliphatic rings. The van der Waals surface area contributed by atoms with Gasteiger partial charge in [0, 0.05) is 18.8 Å². The van der Waals surface area contributed by atoms with Crippen molar-refractivity contribution in [3.63, 3.8) is 0 Å². The summed E-state index contributed by atoms with van der Waals surface area (Å²) in [4.78, 5) is 8.96. The van der Waals surface area contributed by atoms with Crippen LogP contribution < -0.4 is 5.32 Å². The first kappa shape index (κ1) is 15.9. The van der Waals surface area contributed by atoms with E-state index < -0.39 is 0 Å². The van der Waals surface area contributed by atoms with Crippen LogP contribution in [0, 0.1) is 0 Å². The molecule has 8 heteroatoms. The van der Waals surface area contributed by atoms with E-state index >= 15 is 0 Å². The fourth-order valence-corrected chi connectivity index (χ4v) is 3.18. The van der Waals surface area contributed by atoms with Gasteiger partial charge in [-0.05, 0) is 42.2 Å². The Morgan fingerprint density at radius 3 is 2.78 bits per heavy atom.